The van der Waals surface area contributed by atoms with Crippen LogP contribution < -0.4 is 20.3 Å². The number of imide groups is 1. The molecule has 4 aromatic rings. The first-order chi connectivity index (χ1) is 29.8. The average Bonchev–Trinajstić information content (AvgIpc) is 3.68. The molecule has 0 radical (unpaired) electrons. The number of fused-ring (bicyclic) bond motifs is 1. The predicted octanol–water partition coefficient (Wildman–Crippen LogP) is 7.58. The van der Waals surface area contributed by atoms with E-state index in [1.807, 2.05) is 15.8 Å². The number of hydrogen-bond donors (Lipinski definition) is 2. The van der Waals surface area contributed by atoms with Crippen LogP contribution in [-0.4, -0.2) is 108 Å². The van der Waals surface area contributed by atoms with Gasteiger partial charge in [0, 0.05) is 76.0 Å². The van der Waals surface area contributed by atoms with Crippen molar-refractivity contribution in [2.24, 2.45) is 11.3 Å². The minimum atomic E-state index is -4.69. The number of rotatable bonds is 11. The van der Waals surface area contributed by atoms with E-state index >= 15 is 0 Å². The lowest BCUT2D eigenvalue weighted by Gasteiger charge is -2.47. The maximum absolute atomic E-state index is 13.6. The van der Waals surface area contributed by atoms with Crippen LogP contribution in [0.5, 0.6) is 5.75 Å². The van der Waals surface area contributed by atoms with Gasteiger partial charge in [-0.25, -0.2) is 9.78 Å². The van der Waals surface area contributed by atoms with Gasteiger partial charge in [-0.1, -0.05) is 17.7 Å². The van der Waals surface area contributed by atoms with E-state index < -0.39 is 23.8 Å². The van der Waals surface area contributed by atoms with Crippen molar-refractivity contribution in [3.63, 3.8) is 0 Å². The van der Waals surface area contributed by atoms with E-state index in [0.29, 0.717) is 58.8 Å². The smallest absolute Gasteiger partial charge is 0.433 e. The van der Waals surface area contributed by atoms with E-state index in [4.69, 9.17) is 26.2 Å². The van der Waals surface area contributed by atoms with E-state index in [9.17, 15) is 32.3 Å². The molecular weight excluding hydrogens is 829 g/mol. The fourth-order valence-electron chi connectivity index (χ4n) is 9.33. The summed E-state index contributed by atoms with van der Waals surface area (Å²) in [5.74, 6) is -0.264. The fourth-order valence-corrected chi connectivity index (χ4v) is 9.55. The summed E-state index contributed by atoms with van der Waals surface area (Å²) in [6.45, 7) is 5.01. The van der Waals surface area contributed by atoms with Crippen LogP contribution in [0.2, 0.25) is 5.02 Å². The molecule has 5 heterocycles. The number of anilines is 2. The van der Waals surface area contributed by atoms with Gasteiger partial charge in [-0.05, 0) is 99.1 Å². The summed E-state index contributed by atoms with van der Waals surface area (Å²) >= 11 is 6.42. The highest BCUT2D eigenvalue weighted by molar-refractivity contribution is 6.34. The molecule has 1 spiro atoms. The lowest BCUT2D eigenvalue weighted by molar-refractivity contribution is -0.141. The maximum atomic E-state index is 13.6. The van der Waals surface area contributed by atoms with Gasteiger partial charge in [-0.2, -0.15) is 18.3 Å². The number of methoxy groups -OCH3 is 1. The maximum Gasteiger partial charge on any atom is 0.433 e. The highest BCUT2D eigenvalue weighted by Gasteiger charge is 2.40. The van der Waals surface area contributed by atoms with Gasteiger partial charge in [0.05, 0.1) is 34.6 Å². The van der Waals surface area contributed by atoms with Gasteiger partial charge in [-0.15, -0.1) is 0 Å². The van der Waals surface area contributed by atoms with Gasteiger partial charge in [0.2, 0.25) is 5.91 Å². The molecular formula is C44H50ClF3N8O6. The molecule has 2 aromatic heterocycles. The van der Waals surface area contributed by atoms with Crippen molar-refractivity contribution < 1.29 is 41.8 Å². The molecule has 0 atom stereocenters. The van der Waals surface area contributed by atoms with E-state index in [-0.39, 0.29) is 48.5 Å². The van der Waals surface area contributed by atoms with Crippen LogP contribution in [0.4, 0.5) is 29.3 Å². The molecule has 1 aliphatic carbocycles. The fraction of sp³-hybridized carbons (Fsp3) is 0.500. The lowest BCUT2D eigenvalue weighted by Crippen LogP contribution is -2.49. The van der Waals surface area contributed by atoms with Crippen LogP contribution in [0.25, 0.3) is 10.9 Å². The van der Waals surface area contributed by atoms with Crippen LogP contribution in [0, 0.1) is 11.3 Å². The summed E-state index contributed by atoms with van der Waals surface area (Å²) in [6.07, 6.45) is 5.84. The number of aromatic nitrogens is 3. The van der Waals surface area contributed by atoms with Crippen molar-refractivity contribution in [1.82, 2.24) is 29.9 Å². The topological polar surface area (TPSA) is 151 Å². The third-order valence-electron chi connectivity index (χ3n) is 13.0. The van der Waals surface area contributed by atoms with Crippen molar-refractivity contribution in [3.8, 4) is 5.75 Å². The molecule has 5 amide bonds. The SMILES string of the molecule is COCCOc1cc2nn(C3CCN(CC4CCC5(CC4)CCN(C(=O)c4ccc(Cl)c(N6CCC(=O)NC6=O)c4)CC5)CC3)cc2cc1NC(=O)c1cccc(C(F)(F)F)n1. The lowest BCUT2D eigenvalue weighted by atomic mass is 9.65. The Kier molecular flexibility index (Phi) is 12.8. The van der Waals surface area contributed by atoms with Gasteiger partial charge < -0.3 is 24.6 Å². The summed E-state index contributed by atoms with van der Waals surface area (Å²) < 4.78 is 52.9. The number of nitrogens with one attached hydrogen (secondary N) is 2. The van der Waals surface area contributed by atoms with E-state index in [0.717, 1.165) is 88.5 Å². The Bertz CT molecular complexity index is 2310. The zero-order valence-corrected chi connectivity index (χ0v) is 35.3. The van der Waals surface area contributed by atoms with Crippen molar-refractivity contribution in [2.45, 2.75) is 70.0 Å². The molecule has 3 aliphatic heterocycles. The van der Waals surface area contributed by atoms with Crippen molar-refractivity contribution in [3.05, 3.63) is 76.7 Å². The Balaban J connectivity index is 0.824. The van der Waals surface area contributed by atoms with Gasteiger partial charge in [-0.3, -0.25) is 29.3 Å². The Labute approximate surface area is 362 Å². The van der Waals surface area contributed by atoms with Crippen LogP contribution >= 0.6 is 11.6 Å². The van der Waals surface area contributed by atoms with Gasteiger partial charge in [0.25, 0.3) is 11.8 Å². The van der Waals surface area contributed by atoms with Crippen LogP contribution in [0.15, 0.2) is 54.7 Å². The van der Waals surface area contributed by atoms with E-state index in [2.05, 4.69) is 20.5 Å². The van der Waals surface area contributed by atoms with Crippen LogP contribution in [0.1, 0.15) is 90.4 Å². The van der Waals surface area contributed by atoms with Crippen LogP contribution in [0.3, 0.4) is 0 Å². The van der Waals surface area contributed by atoms with Crippen molar-refractivity contribution in [2.75, 3.05) is 69.8 Å². The second-order valence-electron chi connectivity index (χ2n) is 16.9. The molecule has 1 saturated carbocycles. The molecule has 4 aliphatic rings. The Morgan fingerprint density at radius 3 is 2.42 bits per heavy atom. The van der Waals surface area contributed by atoms with E-state index in [1.165, 1.54) is 18.1 Å². The van der Waals surface area contributed by atoms with Gasteiger partial charge >= 0.3 is 12.2 Å². The number of benzene rings is 2. The largest absolute Gasteiger partial charge is 0.489 e. The number of carbonyl (C=O) groups is 4. The molecule has 4 fully saturated rings. The number of ether oxygens (including phenoxy) is 2. The minimum Gasteiger partial charge on any atom is -0.489 e. The number of amides is 5. The highest BCUT2D eigenvalue weighted by Crippen LogP contribution is 2.47. The zero-order chi connectivity index (χ0) is 43.6. The molecule has 2 N–H and O–H groups in total. The number of halogens is 4. The number of pyridine rings is 1. The summed E-state index contributed by atoms with van der Waals surface area (Å²) in [7, 11) is 1.54. The average molecular weight is 879 g/mol. The van der Waals surface area contributed by atoms with Gasteiger partial charge in [0.1, 0.15) is 23.7 Å². The second kappa shape index (κ2) is 18.2. The van der Waals surface area contributed by atoms with Crippen LogP contribution in [-0.2, 0) is 15.7 Å². The molecule has 3 saturated heterocycles. The van der Waals surface area contributed by atoms with Crippen molar-refractivity contribution >= 4 is 57.6 Å². The predicted molar refractivity (Wildman–Crippen MR) is 225 cm³/mol. The summed E-state index contributed by atoms with van der Waals surface area (Å²) in [6, 6.07) is 11.3. The third kappa shape index (κ3) is 9.69. The Morgan fingerprint density at radius 2 is 1.71 bits per heavy atom. The van der Waals surface area contributed by atoms with Crippen molar-refractivity contribution in [1.29, 1.82) is 0 Å². The summed E-state index contributed by atoms with van der Waals surface area (Å²) in [5, 5.41) is 11.0. The number of hydrogen-bond acceptors (Lipinski definition) is 9. The standard InChI is InChI=1S/C44H50ClF3N8O6/c1-61-21-22-62-37-25-34-30(23-35(37)50-40(58)33-3-2-4-38(49-33)44(46,47)48)27-56(52-34)31-9-16-53(17-10-31)26-28-7-12-43(13-8-28)14-19-54(20-15-43)41(59)29-5-6-32(45)36(24-29)55-18-11-39(57)51-42(55)60/h2-6,23-25,27-28,31H,7-22,26H2,1H3,(H,50,58)(H,51,57,60). The second-order valence-corrected chi connectivity index (χ2v) is 17.3. The minimum absolute atomic E-state index is 0.0771. The zero-order valence-electron chi connectivity index (χ0n) is 34.5. The quantitative estimate of drug-likeness (QED) is 0.145. The molecule has 2 aromatic carbocycles. The number of nitrogens with zero attached hydrogens (tertiary/aromatic N) is 6. The first-order valence-electron chi connectivity index (χ1n) is 21.2. The molecule has 62 heavy (non-hydrogen) atoms. The first kappa shape index (κ1) is 43.4. The highest BCUT2D eigenvalue weighted by atomic mass is 35.5. The number of likely N-dealkylation sites (tertiary alicyclic amines) is 2. The molecule has 14 nitrogen and oxygen atoms in total. The molecule has 330 valence electrons. The number of carbonyl (C=O) groups excluding carboxylic acids is 4. The molecule has 18 heteroatoms. The third-order valence-corrected chi connectivity index (χ3v) is 13.3. The number of alkyl halides is 3. The van der Waals surface area contributed by atoms with Gasteiger partial charge in [0.15, 0.2) is 0 Å². The number of piperidine rings is 2. The first-order valence-corrected chi connectivity index (χ1v) is 21.6. The monoisotopic (exact) mass is 878 g/mol. The summed E-state index contributed by atoms with van der Waals surface area (Å²) in [4.78, 5) is 60.2. The summed E-state index contributed by atoms with van der Waals surface area (Å²) in [5.41, 5.74) is 0.587. The normalized spacial score (nSPS) is 19.2. The Hall–Kier alpha value is -5.26. The molecule has 8 rings (SSSR count). The Morgan fingerprint density at radius 1 is 0.952 bits per heavy atom. The number of urea groups is 1. The molecule has 0 bridgehead atoms. The van der Waals surface area contributed by atoms with E-state index in [1.54, 1.807) is 30.3 Å². The molecule has 0 unspecified atom stereocenters.